The Balaban J connectivity index is 3.97. The number of hydrogen-bond donors (Lipinski definition) is 5. The minimum atomic E-state index is -1.69. The number of amides is 1. The van der Waals surface area contributed by atoms with Gasteiger partial charge in [-0.2, -0.15) is 0 Å². The first kappa shape index (κ1) is 14.8. The molecular weight excluding hydrogens is 216 g/mol. The molecule has 0 fully saturated rings. The van der Waals surface area contributed by atoms with Gasteiger partial charge in [0.1, 0.15) is 0 Å². The van der Waals surface area contributed by atoms with Gasteiger partial charge < -0.3 is 26.0 Å². The van der Waals surface area contributed by atoms with E-state index in [-0.39, 0.29) is 31.7 Å². The van der Waals surface area contributed by atoms with Crippen molar-refractivity contribution in [2.75, 3.05) is 13.6 Å². The fourth-order valence-corrected chi connectivity index (χ4v) is 1.19. The summed E-state index contributed by atoms with van der Waals surface area (Å²) >= 11 is 0. The van der Waals surface area contributed by atoms with Crippen LogP contribution in [-0.4, -0.2) is 53.1 Å². The van der Waals surface area contributed by atoms with Crippen LogP contribution < -0.4 is 10.6 Å². The highest BCUT2D eigenvalue weighted by molar-refractivity contribution is 5.78. The normalized spacial score (nSPS) is 12.5. The molecule has 0 radical (unpaired) electrons. The third-order valence-corrected chi connectivity index (χ3v) is 1.95. The Kier molecular flexibility index (Phi) is 7.44. The summed E-state index contributed by atoms with van der Waals surface area (Å²) < 4.78 is 0. The summed E-state index contributed by atoms with van der Waals surface area (Å²) in [6.45, 7) is 0.0716. The zero-order chi connectivity index (χ0) is 12.6. The van der Waals surface area contributed by atoms with Crippen LogP contribution in [0.1, 0.15) is 19.3 Å². The maximum absolute atomic E-state index is 11.1. The van der Waals surface area contributed by atoms with Crippen LogP contribution in [0.3, 0.4) is 0 Å². The van der Waals surface area contributed by atoms with E-state index < -0.39 is 18.3 Å². The molecule has 0 aliphatic rings. The minimum absolute atomic E-state index is 0.0644. The molecule has 0 bridgehead atoms. The van der Waals surface area contributed by atoms with Gasteiger partial charge in [0.05, 0.1) is 12.6 Å². The van der Waals surface area contributed by atoms with Gasteiger partial charge in [-0.3, -0.25) is 9.59 Å². The fraction of sp³-hybridized carbons (Fsp3) is 0.778. The van der Waals surface area contributed by atoms with Gasteiger partial charge in [-0.15, -0.1) is 0 Å². The van der Waals surface area contributed by atoms with E-state index in [1.54, 1.807) is 7.05 Å². The van der Waals surface area contributed by atoms with Crippen LogP contribution in [0.5, 0.6) is 0 Å². The van der Waals surface area contributed by atoms with Crippen molar-refractivity contribution in [3.8, 4) is 0 Å². The number of carboxylic acids is 1. The molecule has 1 atom stereocenters. The number of rotatable bonds is 8. The molecule has 16 heavy (non-hydrogen) atoms. The van der Waals surface area contributed by atoms with Crippen LogP contribution in [0.25, 0.3) is 0 Å². The van der Waals surface area contributed by atoms with Gasteiger partial charge in [0, 0.05) is 6.42 Å². The summed E-state index contributed by atoms with van der Waals surface area (Å²) in [6.07, 6.45) is -1.27. The van der Waals surface area contributed by atoms with Crippen LogP contribution in [0.4, 0.5) is 0 Å². The second-order valence-electron chi connectivity index (χ2n) is 3.40. The second kappa shape index (κ2) is 8.03. The number of carbonyl (C=O) groups is 2. The zero-order valence-electron chi connectivity index (χ0n) is 9.14. The van der Waals surface area contributed by atoms with Crippen molar-refractivity contribution in [3.05, 3.63) is 0 Å². The monoisotopic (exact) mass is 234 g/mol. The molecule has 0 heterocycles. The lowest BCUT2D eigenvalue weighted by Gasteiger charge is -2.20. The Morgan fingerprint density at radius 2 is 1.94 bits per heavy atom. The summed E-state index contributed by atoms with van der Waals surface area (Å²) in [5.41, 5.74) is 0. The predicted octanol–water partition coefficient (Wildman–Crippen LogP) is -1.74. The summed E-state index contributed by atoms with van der Waals surface area (Å²) in [5.74, 6) is -1.32. The van der Waals surface area contributed by atoms with Crippen molar-refractivity contribution in [2.45, 2.75) is 31.6 Å². The number of aliphatic hydroxyl groups excluding tert-OH is 1. The molecule has 0 aliphatic heterocycles. The van der Waals surface area contributed by atoms with Crippen LogP contribution in [-0.2, 0) is 9.59 Å². The average molecular weight is 234 g/mol. The first-order valence-corrected chi connectivity index (χ1v) is 4.99. The molecule has 0 aromatic heterocycles. The number of carboxylic acid groups (broad SMARTS) is 1. The summed E-state index contributed by atoms with van der Waals surface area (Å²) in [5, 5.41) is 31.4. The van der Waals surface area contributed by atoms with E-state index in [0.29, 0.717) is 0 Å². The molecule has 0 spiro atoms. The van der Waals surface area contributed by atoms with E-state index in [1.165, 1.54) is 0 Å². The van der Waals surface area contributed by atoms with Crippen LogP contribution in [0.15, 0.2) is 0 Å². The summed E-state index contributed by atoms with van der Waals surface area (Å²) in [6, 6.07) is -0.833. The molecule has 1 unspecified atom stereocenters. The number of hydrogen-bond acceptors (Lipinski definition) is 5. The summed E-state index contributed by atoms with van der Waals surface area (Å²) in [4.78, 5) is 21.4. The molecule has 7 heteroatoms. The topological polar surface area (TPSA) is 119 Å². The Labute approximate surface area is 93.5 Å². The van der Waals surface area contributed by atoms with E-state index in [2.05, 4.69) is 10.6 Å². The Hall–Kier alpha value is -1.18. The van der Waals surface area contributed by atoms with Crippen LogP contribution >= 0.6 is 0 Å². The third kappa shape index (κ3) is 7.16. The molecule has 0 aliphatic carbocycles. The lowest BCUT2D eigenvalue weighted by molar-refractivity contribution is -0.137. The smallest absolute Gasteiger partial charge is 0.303 e. The Morgan fingerprint density at radius 1 is 1.31 bits per heavy atom. The fourth-order valence-electron chi connectivity index (χ4n) is 1.19. The SMILES string of the molecule is CNCC(=O)NC(CCCC(=O)O)C(O)O. The van der Waals surface area contributed by atoms with E-state index in [1.807, 2.05) is 0 Å². The number of aliphatic hydroxyl groups is 2. The molecule has 1 amide bonds. The van der Waals surface area contributed by atoms with E-state index in [0.717, 1.165) is 0 Å². The molecule has 0 saturated carbocycles. The van der Waals surface area contributed by atoms with E-state index >= 15 is 0 Å². The molecule has 0 saturated heterocycles. The van der Waals surface area contributed by atoms with Gasteiger partial charge in [-0.25, -0.2) is 0 Å². The van der Waals surface area contributed by atoms with Gasteiger partial charge >= 0.3 is 5.97 Å². The maximum atomic E-state index is 11.1. The van der Waals surface area contributed by atoms with Crippen molar-refractivity contribution in [1.82, 2.24) is 10.6 Å². The molecular formula is C9H18N2O5. The highest BCUT2D eigenvalue weighted by atomic mass is 16.5. The predicted molar refractivity (Wildman–Crippen MR) is 55.6 cm³/mol. The quantitative estimate of drug-likeness (QED) is 0.318. The number of likely N-dealkylation sites (N-methyl/N-ethyl adjacent to an activating group) is 1. The molecule has 5 N–H and O–H groups in total. The number of nitrogens with one attached hydrogen (secondary N) is 2. The highest BCUT2D eigenvalue weighted by Gasteiger charge is 2.18. The lowest BCUT2D eigenvalue weighted by atomic mass is 10.1. The van der Waals surface area contributed by atoms with E-state index in [9.17, 15) is 9.59 Å². The maximum Gasteiger partial charge on any atom is 0.303 e. The summed E-state index contributed by atoms with van der Waals surface area (Å²) in [7, 11) is 1.59. The number of aliphatic carboxylic acids is 1. The molecule has 7 nitrogen and oxygen atoms in total. The van der Waals surface area contributed by atoms with Crippen LogP contribution in [0, 0.1) is 0 Å². The molecule has 0 aromatic rings. The van der Waals surface area contributed by atoms with Crippen molar-refractivity contribution in [3.63, 3.8) is 0 Å². The highest BCUT2D eigenvalue weighted by Crippen LogP contribution is 2.04. The zero-order valence-corrected chi connectivity index (χ0v) is 9.14. The largest absolute Gasteiger partial charge is 0.481 e. The van der Waals surface area contributed by atoms with Crippen molar-refractivity contribution < 1.29 is 24.9 Å². The van der Waals surface area contributed by atoms with Crippen molar-refractivity contribution >= 4 is 11.9 Å². The standard InChI is InChI=1S/C9H18N2O5/c1-10-5-7(12)11-6(9(15)16)3-2-4-8(13)14/h6,9-10,15-16H,2-5H2,1H3,(H,11,12)(H,13,14). The molecule has 0 aromatic carbocycles. The Morgan fingerprint density at radius 3 is 2.38 bits per heavy atom. The van der Waals surface area contributed by atoms with E-state index in [4.69, 9.17) is 15.3 Å². The van der Waals surface area contributed by atoms with Crippen LogP contribution in [0.2, 0.25) is 0 Å². The van der Waals surface area contributed by atoms with Gasteiger partial charge in [0.15, 0.2) is 6.29 Å². The second-order valence-corrected chi connectivity index (χ2v) is 3.40. The lowest BCUT2D eigenvalue weighted by Crippen LogP contribution is -2.46. The Bertz CT molecular complexity index is 232. The minimum Gasteiger partial charge on any atom is -0.481 e. The first-order chi connectivity index (χ1) is 7.47. The van der Waals surface area contributed by atoms with Crippen molar-refractivity contribution in [2.24, 2.45) is 0 Å². The van der Waals surface area contributed by atoms with Gasteiger partial charge in [0.2, 0.25) is 5.91 Å². The first-order valence-electron chi connectivity index (χ1n) is 4.99. The average Bonchev–Trinajstić information content (AvgIpc) is 2.15. The third-order valence-electron chi connectivity index (χ3n) is 1.95. The molecule has 94 valence electrons. The van der Waals surface area contributed by atoms with Gasteiger partial charge in [-0.05, 0) is 19.9 Å². The molecule has 0 rings (SSSR count). The van der Waals surface area contributed by atoms with Crippen molar-refractivity contribution in [1.29, 1.82) is 0 Å². The number of carbonyl (C=O) groups excluding carboxylic acids is 1. The van der Waals surface area contributed by atoms with Gasteiger partial charge in [-0.1, -0.05) is 0 Å². The van der Waals surface area contributed by atoms with Gasteiger partial charge in [0.25, 0.3) is 0 Å².